The molecular formula is C15H15N5O2. The lowest BCUT2D eigenvalue weighted by Crippen LogP contribution is -2.23. The highest BCUT2D eigenvalue weighted by molar-refractivity contribution is 6.03. The number of nitrogens with zero attached hydrogens (tertiary/aromatic N) is 3. The maximum atomic E-state index is 12.6. The lowest BCUT2D eigenvalue weighted by molar-refractivity contribution is 0.102. The van der Waals surface area contributed by atoms with E-state index in [0.717, 1.165) is 5.69 Å². The average molecular weight is 297 g/mol. The van der Waals surface area contributed by atoms with Gasteiger partial charge in [-0.2, -0.15) is 5.10 Å². The number of anilines is 1. The van der Waals surface area contributed by atoms with Gasteiger partial charge in [-0.05, 0) is 25.1 Å². The van der Waals surface area contributed by atoms with Crippen LogP contribution in [-0.4, -0.2) is 25.5 Å². The van der Waals surface area contributed by atoms with Crippen molar-refractivity contribution < 1.29 is 4.79 Å². The van der Waals surface area contributed by atoms with Crippen molar-refractivity contribution in [3.63, 3.8) is 0 Å². The smallest absolute Gasteiger partial charge is 0.295 e. The monoisotopic (exact) mass is 297 g/mol. The van der Waals surface area contributed by atoms with Gasteiger partial charge in [0.15, 0.2) is 0 Å². The minimum atomic E-state index is -0.400. The van der Waals surface area contributed by atoms with Gasteiger partial charge in [-0.3, -0.25) is 19.4 Å². The molecule has 112 valence electrons. The predicted octanol–water partition coefficient (Wildman–Crippen LogP) is 1.46. The number of aromatic nitrogens is 4. The second-order valence-corrected chi connectivity index (χ2v) is 4.86. The Balaban J connectivity index is 2.04. The van der Waals surface area contributed by atoms with Crippen molar-refractivity contribution >= 4 is 11.6 Å². The minimum Gasteiger partial charge on any atom is -0.314 e. The van der Waals surface area contributed by atoms with E-state index in [0.29, 0.717) is 11.4 Å². The van der Waals surface area contributed by atoms with Crippen molar-refractivity contribution in [3.05, 3.63) is 64.3 Å². The third-order valence-corrected chi connectivity index (χ3v) is 3.54. The quantitative estimate of drug-likeness (QED) is 0.767. The Hall–Kier alpha value is -3.09. The van der Waals surface area contributed by atoms with Gasteiger partial charge in [0.25, 0.3) is 11.5 Å². The highest BCUT2D eigenvalue weighted by atomic mass is 16.2. The fourth-order valence-electron chi connectivity index (χ4n) is 2.28. The van der Waals surface area contributed by atoms with E-state index < -0.39 is 5.91 Å². The molecule has 0 aliphatic rings. The van der Waals surface area contributed by atoms with Crippen molar-refractivity contribution in [2.75, 3.05) is 5.32 Å². The number of rotatable bonds is 3. The second-order valence-electron chi connectivity index (χ2n) is 4.86. The molecule has 0 fully saturated rings. The van der Waals surface area contributed by atoms with Crippen LogP contribution < -0.4 is 10.9 Å². The molecule has 7 heteroatoms. The first-order chi connectivity index (χ1) is 10.6. The fraction of sp³-hybridized carbons (Fsp3) is 0.133. The number of aromatic amines is 1. The van der Waals surface area contributed by atoms with Gasteiger partial charge in [0, 0.05) is 13.2 Å². The molecule has 1 amide bonds. The van der Waals surface area contributed by atoms with E-state index in [1.54, 1.807) is 24.7 Å². The number of benzene rings is 1. The number of carbonyl (C=O) groups excluding carboxylic acids is 1. The normalized spacial score (nSPS) is 10.6. The summed E-state index contributed by atoms with van der Waals surface area (Å²) in [5.41, 5.74) is 1.68. The molecule has 0 aliphatic carbocycles. The summed E-state index contributed by atoms with van der Waals surface area (Å²) in [5.74, 6) is -0.400. The molecular weight excluding hydrogens is 282 g/mol. The molecule has 1 aromatic carbocycles. The predicted molar refractivity (Wildman–Crippen MR) is 82.3 cm³/mol. The molecule has 22 heavy (non-hydrogen) atoms. The third kappa shape index (κ3) is 2.22. The summed E-state index contributed by atoms with van der Waals surface area (Å²) in [6.45, 7) is 1.78. The van der Waals surface area contributed by atoms with E-state index in [4.69, 9.17) is 0 Å². The molecule has 0 spiro atoms. The lowest BCUT2D eigenvalue weighted by atomic mass is 10.3. The molecule has 0 aliphatic heterocycles. The van der Waals surface area contributed by atoms with Gasteiger partial charge in [-0.15, -0.1) is 0 Å². The van der Waals surface area contributed by atoms with Gasteiger partial charge in [-0.25, -0.2) is 4.68 Å². The Kier molecular flexibility index (Phi) is 3.38. The highest BCUT2D eigenvalue weighted by Gasteiger charge is 2.19. The van der Waals surface area contributed by atoms with Crippen LogP contribution in [0.3, 0.4) is 0 Å². The Morgan fingerprint density at radius 1 is 1.23 bits per heavy atom. The van der Waals surface area contributed by atoms with Crippen LogP contribution in [0, 0.1) is 6.92 Å². The van der Waals surface area contributed by atoms with Gasteiger partial charge in [0.2, 0.25) is 0 Å². The molecule has 0 bridgehead atoms. The third-order valence-electron chi connectivity index (χ3n) is 3.54. The molecule has 2 aromatic heterocycles. The molecule has 0 unspecified atom stereocenters. The van der Waals surface area contributed by atoms with Crippen molar-refractivity contribution in [2.45, 2.75) is 6.92 Å². The number of hydrogen-bond donors (Lipinski definition) is 2. The first-order valence-corrected chi connectivity index (χ1v) is 6.74. The summed E-state index contributed by atoms with van der Waals surface area (Å²) in [6, 6.07) is 10.8. The van der Waals surface area contributed by atoms with E-state index in [9.17, 15) is 9.59 Å². The Bertz CT molecular complexity index is 859. The van der Waals surface area contributed by atoms with Gasteiger partial charge in [0.05, 0.1) is 11.4 Å². The zero-order valence-corrected chi connectivity index (χ0v) is 12.2. The van der Waals surface area contributed by atoms with Crippen molar-refractivity contribution in [3.8, 4) is 5.69 Å². The number of para-hydroxylation sites is 1. The fourth-order valence-corrected chi connectivity index (χ4v) is 2.28. The minimum absolute atomic E-state index is 0.256. The summed E-state index contributed by atoms with van der Waals surface area (Å²) in [6.07, 6.45) is 1.48. The lowest BCUT2D eigenvalue weighted by Gasteiger charge is -2.07. The summed E-state index contributed by atoms with van der Waals surface area (Å²) in [5, 5.41) is 8.94. The van der Waals surface area contributed by atoms with Crippen LogP contribution in [0.1, 0.15) is 16.2 Å². The maximum absolute atomic E-state index is 12.6. The highest BCUT2D eigenvalue weighted by Crippen LogP contribution is 2.14. The van der Waals surface area contributed by atoms with E-state index in [-0.39, 0.29) is 11.2 Å². The number of carbonyl (C=O) groups is 1. The van der Waals surface area contributed by atoms with Gasteiger partial charge >= 0.3 is 0 Å². The Morgan fingerprint density at radius 3 is 2.59 bits per heavy atom. The summed E-state index contributed by atoms with van der Waals surface area (Å²) >= 11 is 0. The van der Waals surface area contributed by atoms with Crippen molar-refractivity contribution in [2.24, 2.45) is 7.05 Å². The zero-order valence-electron chi connectivity index (χ0n) is 12.2. The molecule has 2 heterocycles. The summed E-state index contributed by atoms with van der Waals surface area (Å²) in [7, 11) is 1.77. The molecule has 7 nitrogen and oxygen atoms in total. The molecule has 3 rings (SSSR count). The van der Waals surface area contributed by atoms with E-state index >= 15 is 0 Å². The van der Waals surface area contributed by atoms with E-state index in [1.807, 2.05) is 30.3 Å². The second kappa shape index (κ2) is 5.36. The first-order valence-electron chi connectivity index (χ1n) is 6.74. The number of H-pyrrole nitrogens is 1. The van der Waals surface area contributed by atoms with Gasteiger partial charge in [0.1, 0.15) is 11.4 Å². The molecule has 2 N–H and O–H groups in total. The maximum Gasteiger partial charge on any atom is 0.295 e. The van der Waals surface area contributed by atoms with Crippen LogP contribution in [0.25, 0.3) is 5.69 Å². The SMILES string of the molecule is Cc1c(NC(=O)c2ccn[nH]2)c(=O)n(-c2ccccc2)n1C. The van der Waals surface area contributed by atoms with Crippen LogP contribution in [0.4, 0.5) is 5.69 Å². The zero-order chi connectivity index (χ0) is 15.7. The molecule has 0 saturated heterocycles. The van der Waals surface area contributed by atoms with Crippen molar-refractivity contribution in [1.82, 2.24) is 19.6 Å². The largest absolute Gasteiger partial charge is 0.314 e. The topological polar surface area (TPSA) is 84.7 Å². The van der Waals surface area contributed by atoms with Crippen LogP contribution in [0.2, 0.25) is 0 Å². The number of amides is 1. The van der Waals surface area contributed by atoms with Crippen LogP contribution in [-0.2, 0) is 7.05 Å². The molecule has 0 saturated carbocycles. The van der Waals surface area contributed by atoms with E-state index in [1.165, 1.54) is 10.9 Å². The molecule has 0 atom stereocenters. The van der Waals surface area contributed by atoms with Crippen LogP contribution in [0.15, 0.2) is 47.4 Å². The number of hydrogen-bond acceptors (Lipinski definition) is 3. The molecule has 0 radical (unpaired) electrons. The average Bonchev–Trinajstić information content (AvgIpc) is 3.13. The van der Waals surface area contributed by atoms with Crippen LogP contribution >= 0.6 is 0 Å². The Morgan fingerprint density at radius 2 is 1.95 bits per heavy atom. The van der Waals surface area contributed by atoms with Crippen LogP contribution in [0.5, 0.6) is 0 Å². The standard InChI is InChI=1S/C15H15N5O2/c1-10-13(17-14(21)12-8-9-16-18-12)15(22)20(19(10)2)11-6-4-3-5-7-11/h3-9H,1-2H3,(H,16,18)(H,17,21). The van der Waals surface area contributed by atoms with Gasteiger partial charge < -0.3 is 5.32 Å². The first kappa shape index (κ1) is 13.9. The van der Waals surface area contributed by atoms with Gasteiger partial charge in [-0.1, -0.05) is 18.2 Å². The Labute approximate surface area is 126 Å². The summed E-state index contributed by atoms with van der Waals surface area (Å²) < 4.78 is 3.22. The number of nitrogens with one attached hydrogen (secondary N) is 2. The molecule has 3 aromatic rings. The van der Waals surface area contributed by atoms with Crippen molar-refractivity contribution in [1.29, 1.82) is 0 Å². The van der Waals surface area contributed by atoms with E-state index in [2.05, 4.69) is 15.5 Å². The summed E-state index contributed by atoms with van der Waals surface area (Å²) in [4.78, 5) is 24.7.